The second-order valence-electron chi connectivity index (χ2n) is 5.79. The molecule has 0 aliphatic carbocycles. The molecule has 0 bridgehead atoms. The number of thiophene rings is 1. The Balaban J connectivity index is 2.08. The van der Waals surface area contributed by atoms with Gasteiger partial charge in [0.25, 0.3) is 15.9 Å². The molecular formula is C17H20ClN3O5S2. The Morgan fingerprint density at radius 1 is 1.32 bits per heavy atom. The number of nitrogens with one attached hydrogen (secondary N) is 1. The third kappa shape index (κ3) is 4.75. The van der Waals surface area contributed by atoms with Gasteiger partial charge in [0.05, 0.1) is 12.7 Å². The maximum atomic E-state index is 12.4. The SMILES string of the molecule is COc1ccc(Cl)cc1C(=O)NCCc1cc(S(=O)(=O)N(C)C(N)=O)c(C)s1. The van der Waals surface area contributed by atoms with Crippen LogP contribution in [-0.4, -0.2) is 45.4 Å². The van der Waals surface area contributed by atoms with Crippen LogP contribution < -0.4 is 15.8 Å². The summed E-state index contributed by atoms with van der Waals surface area (Å²) in [4.78, 5) is 24.9. The molecule has 2 aromatic rings. The third-order valence-corrected chi connectivity index (χ3v) is 7.29. The van der Waals surface area contributed by atoms with Crippen LogP contribution >= 0.6 is 22.9 Å². The molecule has 0 aliphatic heterocycles. The van der Waals surface area contributed by atoms with Crippen molar-refractivity contribution < 1.29 is 22.7 Å². The fourth-order valence-corrected chi connectivity index (χ4v) is 5.23. The fraction of sp³-hybridized carbons (Fsp3) is 0.294. The zero-order valence-corrected chi connectivity index (χ0v) is 17.9. The summed E-state index contributed by atoms with van der Waals surface area (Å²) in [5.74, 6) is 0.0469. The van der Waals surface area contributed by atoms with Crippen LogP contribution in [0.1, 0.15) is 20.1 Å². The summed E-state index contributed by atoms with van der Waals surface area (Å²) in [7, 11) is -1.43. The lowest BCUT2D eigenvalue weighted by Gasteiger charge is -2.14. The normalized spacial score (nSPS) is 11.1. The first-order valence-corrected chi connectivity index (χ1v) is 10.7. The van der Waals surface area contributed by atoms with Gasteiger partial charge in [-0.05, 0) is 37.6 Å². The van der Waals surface area contributed by atoms with Crippen molar-refractivity contribution in [3.63, 3.8) is 0 Å². The summed E-state index contributed by atoms with van der Waals surface area (Å²) < 4.78 is 30.5. The Morgan fingerprint density at radius 3 is 2.61 bits per heavy atom. The van der Waals surface area contributed by atoms with Gasteiger partial charge >= 0.3 is 6.03 Å². The molecule has 0 atom stereocenters. The van der Waals surface area contributed by atoms with Gasteiger partial charge in [0, 0.05) is 28.4 Å². The molecule has 0 radical (unpaired) electrons. The van der Waals surface area contributed by atoms with E-state index < -0.39 is 16.1 Å². The summed E-state index contributed by atoms with van der Waals surface area (Å²) in [6, 6.07) is 5.16. The number of halogens is 1. The number of sulfonamides is 1. The van der Waals surface area contributed by atoms with Crippen molar-refractivity contribution in [1.82, 2.24) is 9.62 Å². The Morgan fingerprint density at radius 2 is 2.00 bits per heavy atom. The van der Waals surface area contributed by atoms with E-state index in [-0.39, 0.29) is 17.3 Å². The Bertz CT molecular complexity index is 1000. The molecule has 0 saturated heterocycles. The van der Waals surface area contributed by atoms with Crippen LogP contribution in [0.15, 0.2) is 29.2 Å². The van der Waals surface area contributed by atoms with Gasteiger partial charge in [0.1, 0.15) is 10.6 Å². The topological polar surface area (TPSA) is 119 Å². The molecule has 1 aromatic heterocycles. The van der Waals surface area contributed by atoms with E-state index in [1.165, 1.54) is 30.6 Å². The number of amides is 3. The maximum Gasteiger partial charge on any atom is 0.328 e. The lowest BCUT2D eigenvalue weighted by atomic mass is 10.2. The second-order valence-corrected chi connectivity index (χ2v) is 9.51. The first-order chi connectivity index (χ1) is 13.1. The van der Waals surface area contributed by atoms with Gasteiger partial charge < -0.3 is 15.8 Å². The van der Waals surface area contributed by atoms with E-state index in [2.05, 4.69) is 5.32 Å². The molecule has 3 amide bonds. The highest BCUT2D eigenvalue weighted by atomic mass is 35.5. The van der Waals surface area contributed by atoms with Gasteiger partial charge in [0.2, 0.25) is 0 Å². The van der Waals surface area contributed by atoms with Crippen LogP contribution in [-0.2, 0) is 16.4 Å². The number of carbonyl (C=O) groups excluding carboxylic acids is 2. The van der Waals surface area contributed by atoms with E-state index in [9.17, 15) is 18.0 Å². The highest BCUT2D eigenvalue weighted by Gasteiger charge is 2.27. The number of nitrogens with two attached hydrogens (primary N) is 1. The summed E-state index contributed by atoms with van der Waals surface area (Å²) in [6.07, 6.45) is 0.413. The first kappa shape index (κ1) is 22.0. The van der Waals surface area contributed by atoms with E-state index in [0.717, 1.165) is 11.9 Å². The van der Waals surface area contributed by atoms with Gasteiger partial charge in [-0.3, -0.25) is 4.79 Å². The van der Waals surface area contributed by atoms with Gasteiger partial charge in [0.15, 0.2) is 0 Å². The number of methoxy groups -OCH3 is 1. The largest absolute Gasteiger partial charge is 0.496 e. The zero-order chi connectivity index (χ0) is 21.1. The minimum absolute atomic E-state index is 0.0247. The van der Waals surface area contributed by atoms with Crippen molar-refractivity contribution >= 4 is 44.9 Å². The number of nitrogens with zero attached hydrogens (tertiary/aromatic N) is 1. The summed E-state index contributed by atoms with van der Waals surface area (Å²) >= 11 is 7.20. The zero-order valence-electron chi connectivity index (χ0n) is 15.5. The van der Waals surface area contributed by atoms with Crippen molar-refractivity contribution in [2.75, 3.05) is 20.7 Å². The van der Waals surface area contributed by atoms with E-state index in [0.29, 0.717) is 31.9 Å². The summed E-state index contributed by atoms with van der Waals surface area (Å²) in [5, 5.41) is 3.16. The lowest BCUT2D eigenvalue weighted by molar-refractivity contribution is 0.0951. The van der Waals surface area contributed by atoms with Crippen LogP contribution in [0.5, 0.6) is 5.75 Å². The number of hydrogen-bond donors (Lipinski definition) is 2. The van der Waals surface area contributed by atoms with Gasteiger partial charge in [-0.1, -0.05) is 11.6 Å². The average Bonchev–Trinajstić information content (AvgIpc) is 3.02. The highest BCUT2D eigenvalue weighted by molar-refractivity contribution is 7.89. The number of rotatable bonds is 7. The molecule has 28 heavy (non-hydrogen) atoms. The Hall–Kier alpha value is -2.30. The van der Waals surface area contributed by atoms with Gasteiger partial charge in [-0.2, -0.15) is 0 Å². The molecule has 8 nitrogen and oxygen atoms in total. The van der Waals surface area contributed by atoms with Crippen molar-refractivity contribution in [1.29, 1.82) is 0 Å². The predicted octanol–water partition coefficient (Wildman–Crippen LogP) is 2.39. The number of benzene rings is 1. The van der Waals surface area contributed by atoms with Gasteiger partial charge in [-0.25, -0.2) is 17.5 Å². The molecule has 0 spiro atoms. The number of primary amides is 1. The molecule has 152 valence electrons. The number of ether oxygens (including phenoxy) is 1. The van der Waals surface area contributed by atoms with Crippen LogP contribution in [0.2, 0.25) is 5.02 Å². The smallest absolute Gasteiger partial charge is 0.328 e. The lowest BCUT2D eigenvalue weighted by Crippen LogP contribution is -2.37. The Kier molecular flexibility index (Phi) is 6.91. The predicted molar refractivity (Wildman–Crippen MR) is 108 cm³/mol. The van der Waals surface area contributed by atoms with Gasteiger partial charge in [-0.15, -0.1) is 11.3 Å². The molecule has 1 heterocycles. The van der Waals surface area contributed by atoms with Crippen molar-refractivity contribution in [3.05, 3.63) is 44.6 Å². The van der Waals surface area contributed by atoms with Crippen LogP contribution in [0.25, 0.3) is 0 Å². The molecule has 3 N–H and O–H groups in total. The van der Waals surface area contributed by atoms with Crippen molar-refractivity contribution in [3.8, 4) is 5.75 Å². The highest BCUT2D eigenvalue weighted by Crippen LogP contribution is 2.28. The van der Waals surface area contributed by atoms with Crippen LogP contribution in [0.3, 0.4) is 0 Å². The molecule has 11 heteroatoms. The minimum Gasteiger partial charge on any atom is -0.496 e. The van der Waals surface area contributed by atoms with E-state index in [4.69, 9.17) is 22.1 Å². The fourth-order valence-electron chi connectivity index (χ4n) is 2.42. The van der Waals surface area contributed by atoms with Crippen LogP contribution in [0, 0.1) is 6.92 Å². The third-order valence-electron chi connectivity index (χ3n) is 3.94. The van der Waals surface area contributed by atoms with E-state index in [1.54, 1.807) is 19.1 Å². The minimum atomic E-state index is -4.00. The standard InChI is InChI=1S/C17H20ClN3O5S2/c1-10-15(28(24,25)21(2)17(19)23)9-12(27-10)6-7-20-16(22)13-8-11(18)4-5-14(13)26-3/h4-5,8-9H,6-7H2,1-3H3,(H2,19,23)(H,20,22). The number of carbonyl (C=O) groups is 2. The Labute approximate surface area is 172 Å². The summed E-state index contributed by atoms with van der Waals surface area (Å²) in [5.41, 5.74) is 5.37. The number of hydrogen-bond acceptors (Lipinski definition) is 6. The second kappa shape index (κ2) is 8.80. The van der Waals surface area contributed by atoms with Crippen molar-refractivity contribution in [2.45, 2.75) is 18.2 Å². The monoisotopic (exact) mass is 445 g/mol. The number of urea groups is 1. The van der Waals surface area contributed by atoms with Crippen molar-refractivity contribution in [2.24, 2.45) is 5.73 Å². The molecule has 0 fully saturated rings. The molecular weight excluding hydrogens is 426 g/mol. The molecule has 0 unspecified atom stereocenters. The molecule has 2 rings (SSSR count). The maximum absolute atomic E-state index is 12.4. The average molecular weight is 446 g/mol. The quantitative estimate of drug-likeness (QED) is 0.678. The number of aryl methyl sites for hydroxylation is 1. The first-order valence-electron chi connectivity index (χ1n) is 8.07. The molecule has 0 aliphatic rings. The molecule has 1 aromatic carbocycles. The van der Waals surface area contributed by atoms with Crippen LogP contribution in [0.4, 0.5) is 4.79 Å². The summed E-state index contributed by atoms with van der Waals surface area (Å²) in [6.45, 7) is 1.92. The van der Waals surface area contributed by atoms with E-state index in [1.807, 2.05) is 0 Å². The van der Waals surface area contributed by atoms with E-state index >= 15 is 0 Å². The molecule has 0 saturated carbocycles.